The van der Waals surface area contributed by atoms with Crippen molar-refractivity contribution in [2.75, 3.05) is 25.7 Å². The number of aryl methyl sites for hydroxylation is 1. The highest BCUT2D eigenvalue weighted by Crippen LogP contribution is 2.42. The van der Waals surface area contributed by atoms with Crippen molar-refractivity contribution in [1.82, 2.24) is 24.3 Å². The Morgan fingerprint density at radius 2 is 1.83 bits per heavy atom. The zero-order valence-electron chi connectivity index (χ0n) is 22.4. The van der Waals surface area contributed by atoms with Crippen molar-refractivity contribution in [3.63, 3.8) is 0 Å². The summed E-state index contributed by atoms with van der Waals surface area (Å²) in [5, 5.41) is 4.37. The number of methoxy groups -OCH3 is 2. The molecule has 0 saturated heterocycles. The third kappa shape index (κ3) is 4.64. The molecule has 12 heteroatoms. The number of benzene rings is 2. The van der Waals surface area contributed by atoms with Gasteiger partial charge in [-0.1, -0.05) is 0 Å². The average Bonchev–Trinajstić information content (AvgIpc) is 3.62. The van der Waals surface area contributed by atoms with Crippen LogP contribution < -0.4 is 14.4 Å². The van der Waals surface area contributed by atoms with Crippen LogP contribution in [0.3, 0.4) is 0 Å². The van der Waals surface area contributed by atoms with Gasteiger partial charge in [-0.3, -0.25) is 14.5 Å². The number of fused-ring (bicyclic) bond motifs is 2. The first-order valence-electron chi connectivity index (χ1n) is 12.7. The summed E-state index contributed by atoms with van der Waals surface area (Å²) in [5.41, 5.74) is 1.99. The topological polar surface area (TPSA) is 87.3 Å². The normalized spacial score (nSPS) is 13.5. The largest absolute Gasteiger partial charge is 0.497 e. The number of ether oxygens (including phenoxy) is 2. The van der Waals surface area contributed by atoms with Gasteiger partial charge in [0.25, 0.3) is 5.91 Å². The Kier molecular flexibility index (Phi) is 6.40. The van der Waals surface area contributed by atoms with Gasteiger partial charge in [-0.2, -0.15) is 18.3 Å². The Hall–Kier alpha value is -4.87. The summed E-state index contributed by atoms with van der Waals surface area (Å²) < 4.78 is 56.0. The summed E-state index contributed by atoms with van der Waals surface area (Å²) in [4.78, 5) is 24.3. The van der Waals surface area contributed by atoms with Gasteiger partial charge in [-0.15, -0.1) is 0 Å². The number of hydrogen-bond donors (Lipinski definition) is 0. The molecule has 1 aliphatic rings. The highest BCUT2D eigenvalue weighted by atomic mass is 19.4. The molecule has 2 aromatic carbocycles. The van der Waals surface area contributed by atoms with Gasteiger partial charge >= 0.3 is 6.18 Å². The molecule has 1 amide bonds. The van der Waals surface area contributed by atoms with Crippen molar-refractivity contribution >= 4 is 22.5 Å². The van der Waals surface area contributed by atoms with Gasteiger partial charge in [0, 0.05) is 67.5 Å². The van der Waals surface area contributed by atoms with Crippen LogP contribution in [-0.2, 0) is 26.2 Å². The lowest BCUT2D eigenvalue weighted by atomic mass is 9.88. The third-order valence-electron chi connectivity index (χ3n) is 7.19. The molecule has 210 valence electrons. The summed E-state index contributed by atoms with van der Waals surface area (Å²) >= 11 is 0. The monoisotopic (exact) mass is 562 g/mol. The molecule has 0 unspecified atom stereocenters. The SMILES string of the molecule is COc1cc(OC)c2nccc(N3CCc4c(cc(Cn5ccnc5)cc4-c4cn(C)nc4C(F)(F)F)C3=O)c2c1. The summed E-state index contributed by atoms with van der Waals surface area (Å²) in [6, 6.07) is 8.71. The number of imidazole rings is 1. The fourth-order valence-electron chi connectivity index (χ4n) is 5.40. The quantitative estimate of drug-likeness (QED) is 0.286. The van der Waals surface area contributed by atoms with Gasteiger partial charge < -0.3 is 18.9 Å². The van der Waals surface area contributed by atoms with Gasteiger partial charge in [0.05, 0.1) is 26.2 Å². The lowest BCUT2D eigenvalue weighted by Crippen LogP contribution is -2.38. The number of amides is 1. The number of halogens is 3. The van der Waals surface area contributed by atoms with Crippen LogP contribution in [0.4, 0.5) is 18.9 Å². The van der Waals surface area contributed by atoms with Crippen LogP contribution in [0.2, 0.25) is 0 Å². The fraction of sp³-hybridized carbons (Fsp3) is 0.241. The maximum absolute atomic E-state index is 14.2. The number of carbonyl (C=O) groups is 1. The first-order chi connectivity index (χ1) is 19.7. The number of hydrogen-bond acceptors (Lipinski definition) is 6. The lowest BCUT2D eigenvalue weighted by Gasteiger charge is -2.31. The highest BCUT2D eigenvalue weighted by molar-refractivity contribution is 6.13. The molecule has 0 aliphatic carbocycles. The van der Waals surface area contributed by atoms with E-state index in [0.29, 0.717) is 63.3 Å². The third-order valence-corrected chi connectivity index (χ3v) is 7.19. The van der Waals surface area contributed by atoms with E-state index >= 15 is 0 Å². The van der Waals surface area contributed by atoms with E-state index in [2.05, 4.69) is 15.1 Å². The molecule has 0 N–H and O–H groups in total. The Morgan fingerprint density at radius 3 is 2.54 bits per heavy atom. The number of carbonyl (C=O) groups excluding carboxylic acids is 1. The van der Waals surface area contributed by atoms with E-state index in [1.54, 1.807) is 64.7 Å². The number of aromatic nitrogens is 5. The van der Waals surface area contributed by atoms with Crippen molar-refractivity contribution in [2.45, 2.75) is 19.1 Å². The number of pyridine rings is 1. The molecule has 1 aliphatic heterocycles. The Balaban J connectivity index is 1.52. The zero-order valence-corrected chi connectivity index (χ0v) is 22.4. The lowest BCUT2D eigenvalue weighted by molar-refractivity contribution is -0.140. The minimum absolute atomic E-state index is 0.0613. The van der Waals surface area contributed by atoms with Crippen LogP contribution >= 0.6 is 0 Å². The second kappa shape index (κ2) is 9.95. The minimum Gasteiger partial charge on any atom is -0.497 e. The van der Waals surface area contributed by atoms with Crippen LogP contribution in [0.1, 0.15) is 27.2 Å². The molecule has 5 aromatic rings. The van der Waals surface area contributed by atoms with Crippen LogP contribution in [0.25, 0.3) is 22.0 Å². The Bertz CT molecular complexity index is 1780. The smallest absolute Gasteiger partial charge is 0.435 e. The van der Waals surface area contributed by atoms with E-state index in [-0.39, 0.29) is 18.0 Å². The van der Waals surface area contributed by atoms with Crippen molar-refractivity contribution in [1.29, 1.82) is 0 Å². The second-order valence-corrected chi connectivity index (χ2v) is 9.73. The Morgan fingerprint density at radius 1 is 1.02 bits per heavy atom. The summed E-state index contributed by atoms with van der Waals surface area (Å²) in [5.74, 6) is 0.702. The van der Waals surface area contributed by atoms with E-state index in [0.717, 1.165) is 4.68 Å². The van der Waals surface area contributed by atoms with E-state index in [9.17, 15) is 18.0 Å². The van der Waals surface area contributed by atoms with Gasteiger partial charge in [0.1, 0.15) is 17.0 Å². The zero-order chi connectivity index (χ0) is 28.9. The molecule has 4 heterocycles. The molecule has 0 radical (unpaired) electrons. The van der Waals surface area contributed by atoms with E-state index in [4.69, 9.17) is 9.47 Å². The van der Waals surface area contributed by atoms with Crippen LogP contribution in [0.5, 0.6) is 11.5 Å². The van der Waals surface area contributed by atoms with E-state index < -0.39 is 11.9 Å². The van der Waals surface area contributed by atoms with Gasteiger partial charge in [0.2, 0.25) is 0 Å². The van der Waals surface area contributed by atoms with Crippen molar-refractivity contribution < 1.29 is 27.4 Å². The molecular formula is C29H25F3N6O3. The predicted octanol–water partition coefficient (Wildman–Crippen LogP) is 5.12. The van der Waals surface area contributed by atoms with Gasteiger partial charge in [-0.25, -0.2) is 4.98 Å². The first kappa shape index (κ1) is 26.4. The number of rotatable bonds is 6. The molecule has 0 saturated carbocycles. The molecule has 41 heavy (non-hydrogen) atoms. The van der Waals surface area contributed by atoms with Crippen molar-refractivity contribution in [3.8, 4) is 22.6 Å². The first-order valence-corrected chi connectivity index (χ1v) is 12.7. The van der Waals surface area contributed by atoms with Gasteiger partial charge in [-0.05, 0) is 47.4 Å². The molecule has 0 spiro atoms. The molecule has 6 rings (SSSR count). The molecule has 9 nitrogen and oxygen atoms in total. The second-order valence-electron chi connectivity index (χ2n) is 9.73. The molecule has 3 aromatic heterocycles. The maximum Gasteiger partial charge on any atom is 0.435 e. The molecule has 0 atom stereocenters. The highest BCUT2D eigenvalue weighted by Gasteiger charge is 2.39. The number of alkyl halides is 3. The predicted molar refractivity (Wildman–Crippen MR) is 145 cm³/mol. The number of nitrogens with zero attached hydrogens (tertiary/aromatic N) is 6. The van der Waals surface area contributed by atoms with E-state index in [1.165, 1.54) is 27.5 Å². The van der Waals surface area contributed by atoms with Crippen molar-refractivity contribution in [3.05, 3.63) is 83.8 Å². The summed E-state index contributed by atoms with van der Waals surface area (Å²) in [7, 11) is 4.52. The molecular weight excluding hydrogens is 537 g/mol. The number of anilines is 1. The van der Waals surface area contributed by atoms with Crippen LogP contribution in [-0.4, -0.2) is 51.0 Å². The van der Waals surface area contributed by atoms with E-state index in [1.807, 2.05) is 0 Å². The molecule has 0 fully saturated rings. The van der Waals surface area contributed by atoms with Gasteiger partial charge in [0.15, 0.2) is 5.69 Å². The standard InChI is InChI=1S/C29H25F3N6O3/c1-36-15-23(27(35-36)29(30,31)32)20-10-17(14-37-9-7-33-16-37)11-21-19(20)5-8-38(28(21)39)24-4-6-34-26-22(24)12-18(40-2)13-25(26)41-3/h4,6-7,9-13,15-16H,5,8,14H2,1-3H3. The fourth-order valence-corrected chi connectivity index (χ4v) is 5.40. The van der Waals surface area contributed by atoms with Crippen LogP contribution in [0.15, 0.2) is 61.4 Å². The summed E-state index contributed by atoms with van der Waals surface area (Å²) in [6.07, 6.45) is 3.60. The minimum atomic E-state index is -4.66. The molecule has 0 bridgehead atoms. The Labute approximate surface area is 232 Å². The average molecular weight is 563 g/mol. The van der Waals surface area contributed by atoms with Crippen LogP contribution in [0, 0.1) is 0 Å². The summed E-state index contributed by atoms with van der Waals surface area (Å²) in [6.45, 7) is 0.571. The maximum atomic E-state index is 14.2. The van der Waals surface area contributed by atoms with Crippen molar-refractivity contribution in [2.24, 2.45) is 7.05 Å².